The highest BCUT2D eigenvalue weighted by Crippen LogP contribution is 2.40. The molecule has 0 fully saturated rings. The number of methoxy groups -OCH3 is 1. The summed E-state index contributed by atoms with van der Waals surface area (Å²) in [5.41, 5.74) is 0.948. The predicted molar refractivity (Wildman–Crippen MR) is 110 cm³/mol. The van der Waals surface area contributed by atoms with Crippen molar-refractivity contribution in [2.45, 2.75) is 11.1 Å². The van der Waals surface area contributed by atoms with Crippen molar-refractivity contribution in [2.75, 3.05) is 11.8 Å². The summed E-state index contributed by atoms with van der Waals surface area (Å²) >= 11 is 7.05. The Morgan fingerprint density at radius 1 is 1.04 bits per heavy atom. The van der Waals surface area contributed by atoms with Gasteiger partial charge in [-0.2, -0.15) is 0 Å². The minimum atomic E-state index is -3.83. The predicted octanol–water partition coefficient (Wildman–Crippen LogP) is 5.21. The summed E-state index contributed by atoms with van der Waals surface area (Å²) in [6, 6.07) is 14.3. The fourth-order valence-corrected chi connectivity index (χ4v) is 4.92. The first-order valence-corrected chi connectivity index (χ1v) is 10.7. The molecule has 6 nitrogen and oxygen atoms in total. The molecule has 0 saturated heterocycles. The quantitative estimate of drug-likeness (QED) is 0.513. The monoisotopic (exact) mass is 437 g/mol. The van der Waals surface area contributed by atoms with Crippen LogP contribution in [0.3, 0.4) is 0 Å². The molecule has 1 aromatic heterocycles. The lowest BCUT2D eigenvalue weighted by Gasteiger charge is -2.07. The van der Waals surface area contributed by atoms with E-state index in [9.17, 15) is 13.2 Å². The van der Waals surface area contributed by atoms with Gasteiger partial charge >= 0.3 is 0 Å². The van der Waals surface area contributed by atoms with Gasteiger partial charge in [0.05, 0.1) is 12.1 Å². The molecule has 2 aromatic carbocycles. The van der Waals surface area contributed by atoms with Crippen molar-refractivity contribution < 1.29 is 22.7 Å². The largest absolute Gasteiger partial charge is 0.497 e. The first-order valence-electron chi connectivity index (χ1n) is 8.03. The highest BCUT2D eigenvalue weighted by molar-refractivity contribution is 7.94. The number of carbonyl (C=O) groups excluding carboxylic acids is 1. The summed E-state index contributed by atoms with van der Waals surface area (Å²) in [5.74, 6) is 1.01. The van der Waals surface area contributed by atoms with Gasteiger partial charge in [0.25, 0.3) is 10.0 Å². The van der Waals surface area contributed by atoms with Crippen LogP contribution in [0.1, 0.15) is 17.3 Å². The van der Waals surface area contributed by atoms with E-state index < -0.39 is 10.0 Å². The lowest BCUT2D eigenvalue weighted by molar-refractivity contribution is 0.101. The Balaban J connectivity index is 1.78. The number of ether oxygens (including phenoxy) is 2. The Bertz CT molecular complexity index is 1090. The number of thiophene rings is 1. The highest BCUT2D eigenvalue weighted by atomic mass is 35.5. The van der Waals surface area contributed by atoms with Crippen LogP contribution in [-0.2, 0) is 10.0 Å². The number of hydrogen-bond acceptors (Lipinski definition) is 6. The average Bonchev–Trinajstić information content (AvgIpc) is 3.04. The highest BCUT2D eigenvalue weighted by Gasteiger charge is 2.21. The zero-order chi connectivity index (χ0) is 20.3. The molecule has 0 radical (unpaired) electrons. The van der Waals surface area contributed by atoms with E-state index in [2.05, 4.69) is 4.72 Å². The molecule has 9 heteroatoms. The second kappa shape index (κ2) is 8.22. The van der Waals surface area contributed by atoms with E-state index in [0.29, 0.717) is 22.7 Å². The zero-order valence-corrected chi connectivity index (χ0v) is 17.3. The molecule has 1 heterocycles. The SMILES string of the molecule is COc1ccc(NS(=O)(=O)c2cc(Cl)c(Oc3ccc(C(C)=O)cc3)s2)cc1. The molecule has 0 aliphatic carbocycles. The number of halogens is 1. The van der Waals surface area contributed by atoms with Crippen LogP contribution < -0.4 is 14.2 Å². The number of sulfonamides is 1. The summed E-state index contributed by atoms with van der Waals surface area (Å²) < 4.78 is 38.4. The van der Waals surface area contributed by atoms with Gasteiger partial charge in [0.2, 0.25) is 5.06 Å². The maximum Gasteiger partial charge on any atom is 0.271 e. The number of hydrogen-bond donors (Lipinski definition) is 1. The van der Waals surface area contributed by atoms with Crippen LogP contribution in [0.4, 0.5) is 5.69 Å². The Morgan fingerprint density at radius 2 is 1.64 bits per heavy atom. The Kier molecular flexibility index (Phi) is 5.93. The topological polar surface area (TPSA) is 81.7 Å². The Morgan fingerprint density at radius 3 is 2.21 bits per heavy atom. The van der Waals surface area contributed by atoms with E-state index in [-0.39, 0.29) is 20.1 Å². The summed E-state index contributed by atoms with van der Waals surface area (Å²) in [4.78, 5) is 11.3. The molecule has 3 aromatic rings. The normalized spacial score (nSPS) is 11.1. The summed E-state index contributed by atoms with van der Waals surface area (Å²) in [5, 5.41) is 0.420. The third kappa shape index (κ3) is 4.64. The Hall–Kier alpha value is -2.55. The standard InChI is InChI=1S/C19H16ClNO5S2/c1-12(22)13-3-7-16(8-4-13)26-19-17(20)11-18(27-19)28(23,24)21-14-5-9-15(25-2)10-6-14/h3-11,21H,1-2H3. The van der Waals surface area contributed by atoms with Crippen molar-refractivity contribution in [3.8, 4) is 16.6 Å². The fraction of sp³-hybridized carbons (Fsp3) is 0.105. The van der Waals surface area contributed by atoms with Gasteiger partial charge in [0.1, 0.15) is 15.7 Å². The van der Waals surface area contributed by atoms with E-state index in [1.807, 2.05) is 0 Å². The molecule has 0 spiro atoms. The van der Waals surface area contributed by atoms with Gasteiger partial charge in [-0.3, -0.25) is 9.52 Å². The molecule has 0 unspecified atom stereocenters. The van der Waals surface area contributed by atoms with E-state index in [1.54, 1.807) is 48.5 Å². The molecule has 146 valence electrons. The van der Waals surface area contributed by atoms with Crippen LogP contribution in [0, 0.1) is 0 Å². The van der Waals surface area contributed by atoms with E-state index >= 15 is 0 Å². The van der Waals surface area contributed by atoms with Gasteiger partial charge in [0, 0.05) is 11.3 Å². The molecule has 0 bridgehead atoms. The molecule has 0 amide bonds. The van der Waals surface area contributed by atoms with Crippen molar-refractivity contribution in [2.24, 2.45) is 0 Å². The molecular weight excluding hydrogens is 422 g/mol. The first kappa shape index (κ1) is 20.2. The molecule has 3 rings (SSSR count). The van der Waals surface area contributed by atoms with Gasteiger partial charge in [-0.05, 0) is 61.5 Å². The molecule has 1 N–H and O–H groups in total. The molecular formula is C19H16ClNO5S2. The van der Waals surface area contributed by atoms with E-state index in [4.69, 9.17) is 21.1 Å². The second-order valence-corrected chi connectivity index (χ2v) is 9.05. The number of carbonyl (C=O) groups is 1. The molecule has 0 saturated carbocycles. The van der Waals surface area contributed by atoms with Gasteiger partial charge in [-0.25, -0.2) is 8.42 Å². The maximum atomic E-state index is 12.6. The van der Waals surface area contributed by atoms with Crippen LogP contribution in [0.5, 0.6) is 16.6 Å². The van der Waals surface area contributed by atoms with Gasteiger partial charge < -0.3 is 9.47 Å². The lowest BCUT2D eigenvalue weighted by atomic mass is 10.1. The first-order chi connectivity index (χ1) is 13.3. The number of rotatable bonds is 7. The molecule has 0 aliphatic heterocycles. The Labute approximate surface area is 171 Å². The van der Waals surface area contributed by atoms with Gasteiger partial charge in [-0.1, -0.05) is 22.9 Å². The fourth-order valence-electron chi connectivity index (χ4n) is 2.26. The van der Waals surface area contributed by atoms with Crippen LogP contribution >= 0.6 is 22.9 Å². The summed E-state index contributed by atoms with van der Waals surface area (Å²) in [6.45, 7) is 1.47. The van der Waals surface area contributed by atoms with E-state index in [0.717, 1.165) is 11.3 Å². The lowest BCUT2D eigenvalue weighted by Crippen LogP contribution is -2.11. The maximum absolute atomic E-state index is 12.6. The third-order valence-corrected chi connectivity index (χ3v) is 6.97. The third-order valence-electron chi connectivity index (χ3n) is 3.71. The van der Waals surface area contributed by atoms with Crippen molar-refractivity contribution in [1.82, 2.24) is 0 Å². The average molecular weight is 438 g/mol. The second-order valence-electron chi connectivity index (χ2n) is 5.72. The number of Topliss-reactive ketones (excluding diaryl/α,β-unsaturated/α-hetero) is 1. The molecule has 28 heavy (non-hydrogen) atoms. The molecule has 0 atom stereocenters. The van der Waals surface area contributed by atoms with Crippen LogP contribution in [0.2, 0.25) is 5.02 Å². The molecule has 0 aliphatic rings. The van der Waals surface area contributed by atoms with E-state index in [1.165, 1.54) is 20.1 Å². The van der Waals surface area contributed by atoms with Crippen LogP contribution in [0.25, 0.3) is 0 Å². The van der Waals surface area contributed by atoms with Gasteiger partial charge in [0.15, 0.2) is 5.78 Å². The van der Waals surface area contributed by atoms with Crippen molar-refractivity contribution in [3.63, 3.8) is 0 Å². The van der Waals surface area contributed by atoms with Gasteiger partial charge in [-0.15, -0.1) is 0 Å². The zero-order valence-electron chi connectivity index (χ0n) is 14.9. The minimum Gasteiger partial charge on any atom is -0.497 e. The number of nitrogens with one attached hydrogen (secondary N) is 1. The van der Waals surface area contributed by atoms with Crippen molar-refractivity contribution in [3.05, 3.63) is 65.2 Å². The summed E-state index contributed by atoms with van der Waals surface area (Å²) in [7, 11) is -2.30. The summed E-state index contributed by atoms with van der Waals surface area (Å²) in [6.07, 6.45) is 0. The van der Waals surface area contributed by atoms with Crippen LogP contribution in [0.15, 0.2) is 58.8 Å². The smallest absolute Gasteiger partial charge is 0.271 e. The van der Waals surface area contributed by atoms with Crippen LogP contribution in [-0.4, -0.2) is 21.3 Å². The van der Waals surface area contributed by atoms with Crippen molar-refractivity contribution >= 4 is 44.4 Å². The number of ketones is 1. The number of anilines is 1. The minimum absolute atomic E-state index is 0.0173. The van der Waals surface area contributed by atoms with Crippen molar-refractivity contribution in [1.29, 1.82) is 0 Å². The number of benzene rings is 2.